The maximum atomic E-state index is 10.9. The van der Waals surface area contributed by atoms with Gasteiger partial charge < -0.3 is 5.43 Å². The van der Waals surface area contributed by atoms with Gasteiger partial charge in [-0.25, -0.2) is 0 Å². The molecule has 3 N–H and O–H groups in total. The summed E-state index contributed by atoms with van der Waals surface area (Å²) in [5.41, 5.74) is 3.68. The third-order valence-corrected chi connectivity index (χ3v) is 3.69. The lowest BCUT2D eigenvalue weighted by atomic mass is 10.2. The first-order chi connectivity index (χ1) is 8.69. The van der Waals surface area contributed by atoms with Crippen LogP contribution in [0.3, 0.4) is 0 Å². The van der Waals surface area contributed by atoms with Gasteiger partial charge >= 0.3 is 0 Å². The third kappa shape index (κ3) is 4.54. The Morgan fingerprint density at radius 3 is 2.83 bits per heavy atom. The number of hydrazine groups is 1. The number of nitro groups is 1. The van der Waals surface area contributed by atoms with Gasteiger partial charge in [-0.1, -0.05) is 25.8 Å². The summed E-state index contributed by atoms with van der Waals surface area (Å²) in [4.78, 5) is 10.4. The molecular weight excluding hydrogens is 250 g/mol. The Kier molecular flexibility index (Phi) is 6.53. The highest BCUT2D eigenvalue weighted by Gasteiger charge is 2.13. The molecule has 0 fully saturated rings. The lowest BCUT2D eigenvalue weighted by Gasteiger charge is -2.05. The zero-order valence-electron chi connectivity index (χ0n) is 10.5. The number of benzene rings is 1. The van der Waals surface area contributed by atoms with Gasteiger partial charge in [-0.3, -0.25) is 16.0 Å². The van der Waals surface area contributed by atoms with Crippen molar-refractivity contribution in [2.45, 2.75) is 31.9 Å². The lowest BCUT2D eigenvalue weighted by Crippen LogP contribution is -2.09. The van der Waals surface area contributed by atoms with E-state index in [1.807, 2.05) is 6.07 Å². The first-order valence-electron chi connectivity index (χ1n) is 6.00. The molecule has 0 aliphatic rings. The highest BCUT2D eigenvalue weighted by Crippen LogP contribution is 2.26. The van der Waals surface area contributed by atoms with Gasteiger partial charge in [-0.2, -0.15) is 11.8 Å². The van der Waals surface area contributed by atoms with Gasteiger partial charge in [0, 0.05) is 11.8 Å². The van der Waals surface area contributed by atoms with Gasteiger partial charge in [0.25, 0.3) is 5.69 Å². The van der Waals surface area contributed by atoms with E-state index in [1.165, 1.54) is 19.3 Å². The Bertz CT molecular complexity index is 399. The van der Waals surface area contributed by atoms with Gasteiger partial charge in [0.15, 0.2) is 0 Å². The van der Waals surface area contributed by atoms with Crippen LogP contribution in [0.15, 0.2) is 18.2 Å². The number of nitrogens with one attached hydrogen (secondary N) is 1. The number of nitrogens with zero attached hydrogens (tertiary/aromatic N) is 1. The molecule has 0 heterocycles. The molecule has 6 heteroatoms. The predicted octanol–water partition coefficient (Wildman–Crippen LogP) is 3.30. The first kappa shape index (κ1) is 14.8. The molecule has 0 aromatic heterocycles. The minimum absolute atomic E-state index is 0.0316. The van der Waals surface area contributed by atoms with E-state index in [2.05, 4.69) is 12.3 Å². The van der Waals surface area contributed by atoms with Gasteiger partial charge in [0.05, 0.1) is 4.92 Å². The third-order valence-electron chi connectivity index (χ3n) is 2.58. The van der Waals surface area contributed by atoms with E-state index in [0.29, 0.717) is 5.69 Å². The SMILES string of the molecule is CCCCCSCc1ccc(NN)c([N+](=O)[O-])c1. The number of hydrogen-bond acceptors (Lipinski definition) is 5. The van der Waals surface area contributed by atoms with Crippen LogP contribution >= 0.6 is 11.8 Å². The monoisotopic (exact) mass is 269 g/mol. The topological polar surface area (TPSA) is 81.2 Å². The van der Waals surface area contributed by atoms with Crippen molar-refractivity contribution in [3.63, 3.8) is 0 Å². The number of hydrogen-bond donors (Lipinski definition) is 2. The Morgan fingerprint density at radius 2 is 2.22 bits per heavy atom. The Morgan fingerprint density at radius 1 is 1.44 bits per heavy atom. The molecule has 100 valence electrons. The smallest absolute Gasteiger partial charge is 0.293 e. The van der Waals surface area contributed by atoms with E-state index >= 15 is 0 Å². The van der Waals surface area contributed by atoms with Crippen LogP contribution in [-0.4, -0.2) is 10.7 Å². The van der Waals surface area contributed by atoms with Crippen molar-refractivity contribution in [2.24, 2.45) is 5.84 Å². The number of thioether (sulfide) groups is 1. The van der Waals surface area contributed by atoms with Gasteiger partial charge in [-0.15, -0.1) is 0 Å². The minimum Gasteiger partial charge on any atom is -0.318 e. The van der Waals surface area contributed by atoms with Crippen molar-refractivity contribution in [3.8, 4) is 0 Å². The standard InChI is InChI=1S/C12H19N3O2S/c1-2-3-4-7-18-9-10-5-6-11(14-13)12(8-10)15(16)17/h5-6,8,14H,2-4,7,9,13H2,1H3. The summed E-state index contributed by atoms with van der Waals surface area (Å²) in [7, 11) is 0. The first-order valence-corrected chi connectivity index (χ1v) is 7.16. The molecule has 0 spiro atoms. The van der Waals surface area contributed by atoms with Crippen molar-refractivity contribution < 1.29 is 4.92 Å². The maximum absolute atomic E-state index is 10.9. The van der Waals surface area contributed by atoms with Crippen molar-refractivity contribution in [2.75, 3.05) is 11.2 Å². The van der Waals surface area contributed by atoms with Gasteiger partial charge in [-0.05, 0) is 23.8 Å². The van der Waals surface area contributed by atoms with E-state index < -0.39 is 4.92 Å². The van der Waals surface area contributed by atoms with Crippen LogP contribution in [0.1, 0.15) is 31.7 Å². The normalized spacial score (nSPS) is 10.3. The van der Waals surface area contributed by atoms with Crippen LogP contribution < -0.4 is 11.3 Å². The fraction of sp³-hybridized carbons (Fsp3) is 0.500. The Labute approximate surface area is 111 Å². The number of unbranched alkanes of at least 4 members (excludes halogenated alkanes) is 2. The Balaban J connectivity index is 2.56. The van der Waals surface area contributed by atoms with Crippen molar-refractivity contribution >= 4 is 23.1 Å². The fourth-order valence-corrected chi connectivity index (χ4v) is 2.55. The highest BCUT2D eigenvalue weighted by molar-refractivity contribution is 7.98. The van der Waals surface area contributed by atoms with Crippen LogP contribution in [0.4, 0.5) is 11.4 Å². The zero-order chi connectivity index (χ0) is 13.4. The predicted molar refractivity (Wildman–Crippen MR) is 76.6 cm³/mol. The second kappa shape index (κ2) is 7.94. The van der Waals surface area contributed by atoms with Crippen LogP contribution in [0, 0.1) is 10.1 Å². The maximum Gasteiger partial charge on any atom is 0.293 e. The summed E-state index contributed by atoms with van der Waals surface area (Å²) < 4.78 is 0. The molecule has 1 aromatic carbocycles. The fourth-order valence-electron chi connectivity index (χ4n) is 1.58. The molecule has 0 atom stereocenters. The van der Waals surface area contributed by atoms with Crippen LogP contribution in [0.2, 0.25) is 0 Å². The number of rotatable bonds is 8. The number of anilines is 1. The van der Waals surface area contributed by atoms with Gasteiger partial charge in [0.2, 0.25) is 0 Å². The van der Waals surface area contributed by atoms with Crippen LogP contribution in [-0.2, 0) is 5.75 Å². The molecule has 0 radical (unpaired) electrons. The minimum atomic E-state index is -0.416. The molecule has 0 aliphatic carbocycles. The van der Waals surface area contributed by atoms with E-state index in [-0.39, 0.29) is 5.69 Å². The van der Waals surface area contributed by atoms with Crippen LogP contribution in [0.5, 0.6) is 0 Å². The zero-order valence-corrected chi connectivity index (χ0v) is 11.3. The highest BCUT2D eigenvalue weighted by atomic mass is 32.2. The molecule has 1 aromatic rings. The van der Waals surface area contributed by atoms with E-state index in [9.17, 15) is 10.1 Å². The van der Waals surface area contributed by atoms with Crippen LogP contribution in [0.25, 0.3) is 0 Å². The molecule has 5 nitrogen and oxygen atoms in total. The van der Waals surface area contributed by atoms with Crippen molar-refractivity contribution in [1.82, 2.24) is 0 Å². The molecule has 0 bridgehead atoms. The lowest BCUT2D eigenvalue weighted by molar-refractivity contribution is -0.384. The average molecular weight is 269 g/mol. The van der Waals surface area contributed by atoms with E-state index in [0.717, 1.165) is 17.1 Å². The number of nitro benzene ring substituents is 1. The molecule has 0 amide bonds. The summed E-state index contributed by atoms with van der Waals surface area (Å²) in [5, 5.41) is 10.9. The molecular formula is C12H19N3O2S. The number of nitrogen functional groups attached to an aromatic ring is 1. The second-order valence-electron chi connectivity index (χ2n) is 4.01. The van der Waals surface area contributed by atoms with Crippen molar-refractivity contribution in [1.29, 1.82) is 0 Å². The summed E-state index contributed by atoms with van der Waals surface area (Å²) in [6.45, 7) is 2.17. The van der Waals surface area contributed by atoms with Gasteiger partial charge in [0.1, 0.15) is 5.69 Å². The number of nitrogens with two attached hydrogens (primary N) is 1. The Hall–Kier alpha value is -1.27. The molecule has 1 rings (SSSR count). The van der Waals surface area contributed by atoms with E-state index in [4.69, 9.17) is 5.84 Å². The molecule has 0 unspecified atom stereocenters. The van der Waals surface area contributed by atoms with Crippen molar-refractivity contribution in [3.05, 3.63) is 33.9 Å². The molecule has 18 heavy (non-hydrogen) atoms. The summed E-state index contributed by atoms with van der Waals surface area (Å²) >= 11 is 1.81. The summed E-state index contributed by atoms with van der Waals surface area (Å²) in [6.07, 6.45) is 3.65. The average Bonchev–Trinajstić information content (AvgIpc) is 2.38. The largest absolute Gasteiger partial charge is 0.318 e. The second-order valence-corrected chi connectivity index (χ2v) is 5.12. The summed E-state index contributed by atoms with van der Waals surface area (Å²) in [5.74, 6) is 7.13. The molecule has 0 aliphatic heterocycles. The van der Waals surface area contributed by atoms with E-state index in [1.54, 1.807) is 23.9 Å². The molecule has 0 saturated heterocycles. The molecule has 0 saturated carbocycles. The quantitative estimate of drug-likeness (QED) is 0.327. The summed E-state index contributed by atoms with van der Waals surface area (Å²) in [6, 6.07) is 5.11.